The van der Waals surface area contributed by atoms with Crippen LogP contribution in [0.25, 0.3) is 10.6 Å². The molecule has 0 aliphatic rings. The Bertz CT molecular complexity index is 731. The van der Waals surface area contributed by atoms with Gasteiger partial charge < -0.3 is 0 Å². The van der Waals surface area contributed by atoms with Crippen LogP contribution >= 0.6 is 11.3 Å². The van der Waals surface area contributed by atoms with Gasteiger partial charge in [-0.1, -0.05) is 30.3 Å². The first kappa shape index (κ1) is 13.8. The molecule has 0 aliphatic heterocycles. The third kappa shape index (κ3) is 2.97. The Kier molecular flexibility index (Phi) is 3.50. The summed E-state index contributed by atoms with van der Waals surface area (Å²) in [5, 5.41) is 6.26. The van der Waals surface area contributed by atoms with Crippen molar-refractivity contribution in [3.63, 3.8) is 0 Å². The molecule has 7 heteroatoms. The standard InChI is InChI=1S/C14H10F3N3S/c15-14(16,17)12-6-7-18-20(12)8-11-9-21-13(19-11)10-4-2-1-3-5-10/h1-7,9H,8H2. The molecule has 0 amide bonds. The SMILES string of the molecule is FC(F)(F)c1ccnn1Cc1csc(-c2ccccc2)n1. The quantitative estimate of drug-likeness (QED) is 0.730. The molecule has 0 unspecified atom stereocenters. The van der Waals surface area contributed by atoms with Crippen molar-refractivity contribution in [2.24, 2.45) is 0 Å². The average Bonchev–Trinajstić information content (AvgIpc) is 3.09. The van der Waals surface area contributed by atoms with Crippen LogP contribution in [-0.4, -0.2) is 14.8 Å². The van der Waals surface area contributed by atoms with Crippen molar-refractivity contribution < 1.29 is 13.2 Å². The Balaban J connectivity index is 1.84. The van der Waals surface area contributed by atoms with E-state index in [1.165, 1.54) is 11.3 Å². The summed E-state index contributed by atoms with van der Waals surface area (Å²) in [6, 6.07) is 10.5. The van der Waals surface area contributed by atoms with Gasteiger partial charge in [0.25, 0.3) is 0 Å². The Labute approximate surface area is 122 Å². The molecule has 0 radical (unpaired) electrons. The molecule has 1 aromatic carbocycles. The van der Waals surface area contributed by atoms with E-state index in [1.54, 1.807) is 5.38 Å². The minimum absolute atomic E-state index is 0.00514. The zero-order valence-electron chi connectivity index (χ0n) is 10.7. The van der Waals surface area contributed by atoms with E-state index in [0.29, 0.717) is 5.69 Å². The number of hydrogen-bond donors (Lipinski definition) is 0. The van der Waals surface area contributed by atoms with Gasteiger partial charge in [-0.3, -0.25) is 4.68 Å². The Hall–Kier alpha value is -2.15. The molecule has 0 spiro atoms. The van der Waals surface area contributed by atoms with E-state index < -0.39 is 11.9 Å². The zero-order valence-corrected chi connectivity index (χ0v) is 11.5. The highest BCUT2D eigenvalue weighted by Crippen LogP contribution is 2.29. The van der Waals surface area contributed by atoms with E-state index in [4.69, 9.17) is 0 Å². The van der Waals surface area contributed by atoms with Crippen molar-refractivity contribution in [1.82, 2.24) is 14.8 Å². The van der Waals surface area contributed by atoms with Gasteiger partial charge in [0.05, 0.1) is 12.2 Å². The summed E-state index contributed by atoms with van der Waals surface area (Å²) in [6.07, 6.45) is -3.26. The first-order valence-electron chi connectivity index (χ1n) is 6.13. The van der Waals surface area contributed by atoms with E-state index >= 15 is 0 Å². The molecule has 0 atom stereocenters. The predicted molar refractivity (Wildman–Crippen MR) is 73.9 cm³/mol. The minimum atomic E-state index is -4.41. The normalized spacial score (nSPS) is 11.8. The van der Waals surface area contributed by atoms with Crippen LogP contribution in [0.4, 0.5) is 13.2 Å². The van der Waals surface area contributed by atoms with Crippen LogP contribution < -0.4 is 0 Å². The zero-order chi connectivity index (χ0) is 14.9. The van der Waals surface area contributed by atoms with Gasteiger partial charge in [-0.15, -0.1) is 11.3 Å². The molecule has 0 saturated carbocycles. The molecule has 3 nitrogen and oxygen atoms in total. The number of thiazole rings is 1. The second-order valence-corrected chi connectivity index (χ2v) is 5.24. The van der Waals surface area contributed by atoms with Gasteiger partial charge in [0.2, 0.25) is 0 Å². The summed E-state index contributed by atoms with van der Waals surface area (Å²) >= 11 is 1.40. The highest BCUT2D eigenvalue weighted by molar-refractivity contribution is 7.13. The van der Waals surface area contributed by atoms with Crippen molar-refractivity contribution in [2.45, 2.75) is 12.7 Å². The van der Waals surface area contributed by atoms with E-state index in [1.807, 2.05) is 30.3 Å². The first-order chi connectivity index (χ1) is 10.0. The number of hydrogen-bond acceptors (Lipinski definition) is 3. The van der Waals surface area contributed by atoms with Crippen LogP contribution in [0.3, 0.4) is 0 Å². The Morgan fingerprint density at radius 1 is 1.10 bits per heavy atom. The second-order valence-electron chi connectivity index (χ2n) is 4.38. The largest absolute Gasteiger partial charge is 0.433 e. The van der Waals surface area contributed by atoms with Gasteiger partial charge in [-0.25, -0.2) is 4.98 Å². The third-order valence-corrected chi connectivity index (χ3v) is 3.83. The fraction of sp³-hybridized carbons (Fsp3) is 0.143. The van der Waals surface area contributed by atoms with E-state index in [9.17, 15) is 13.2 Å². The lowest BCUT2D eigenvalue weighted by Gasteiger charge is -2.08. The fourth-order valence-electron chi connectivity index (χ4n) is 1.95. The third-order valence-electron chi connectivity index (χ3n) is 2.89. The topological polar surface area (TPSA) is 30.7 Å². The van der Waals surface area contributed by atoms with Gasteiger partial charge in [0.1, 0.15) is 10.7 Å². The summed E-state index contributed by atoms with van der Waals surface area (Å²) in [6.45, 7) is 0.00514. The number of rotatable bonds is 3. The highest BCUT2D eigenvalue weighted by atomic mass is 32.1. The van der Waals surface area contributed by atoms with Gasteiger partial charge in [-0.05, 0) is 6.07 Å². The number of alkyl halides is 3. The van der Waals surface area contributed by atoms with Crippen LogP contribution in [0.5, 0.6) is 0 Å². The van der Waals surface area contributed by atoms with Crippen molar-refractivity contribution in [3.05, 3.63) is 59.4 Å². The maximum Gasteiger partial charge on any atom is 0.433 e. The summed E-state index contributed by atoms with van der Waals surface area (Å²) in [7, 11) is 0. The molecular weight excluding hydrogens is 299 g/mol. The Morgan fingerprint density at radius 2 is 1.86 bits per heavy atom. The molecule has 0 saturated heterocycles. The number of nitrogens with zero attached hydrogens (tertiary/aromatic N) is 3. The average molecular weight is 309 g/mol. The van der Waals surface area contributed by atoms with Crippen LogP contribution in [0.15, 0.2) is 48.0 Å². The van der Waals surface area contributed by atoms with Gasteiger partial charge >= 0.3 is 6.18 Å². The molecule has 2 heterocycles. The summed E-state index contributed by atoms with van der Waals surface area (Å²) in [5.74, 6) is 0. The van der Waals surface area contributed by atoms with Crippen LogP contribution in [0.2, 0.25) is 0 Å². The van der Waals surface area contributed by atoms with Gasteiger partial charge in [0, 0.05) is 17.1 Å². The van der Waals surface area contributed by atoms with Gasteiger partial charge in [0.15, 0.2) is 0 Å². The van der Waals surface area contributed by atoms with Crippen molar-refractivity contribution in [2.75, 3.05) is 0 Å². The molecule has 0 bridgehead atoms. The minimum Gasteiger partial charge on any atom is -0.254 e. The smallest absolute Gasteiger partial charge is 0.254 e. The van der Waals surface area contributed by atoms with Crippen LogP contribution in [0, 0.1) is 0 Å². The predicted octanol–water partition coefficient (Wildman–Crippen LogP) is 4.07. The lowest BCUT2D eigenvalue weighted by atomic mass is 10.2. The van der Waals surface area contributed by atoms with Crippen molar-refractivity contribution >= 4 is 11.3 Å². The summed E-state index contributed by atoms with van der Waals surface area (Å²) in [4.78, 5) is 4.37. The molecule has 3 rings (SSSR count). The van der Waals surface area contributed by atoms with E-state index in [2.05, 4.69) is 10.1 Å². The fourth-order valence-corrected chi connectivity index (χ4v) is 2.76. The van der Waals surface area contributed by atoms with Crippen molar-refractivity contribution in [1.29, 1.82) is 0 Å². The Morgan fingerprint density at radius 3 is 2.57 bits per heavy atom. The van der Waals surface area contributed by atoms with E-state index in [-0.39, 0.29) is 6.54 Å². The lowest BCUT2D eigenvalue weighted by Crippen LogP contribution is -2.15. The summed E-state index contributed by atoms with van der Waals surface area (Å²) < 4.78 is 39.2. The molecule has 3 aromatic rings. The van der Waals surface area contributed by atoms with Gasteiger partial charge in [-0.2, -0.15) is 18.3 Å². The lowest BCUT2D eigenvalue weighted by molar-refractivity contribution is -0.144. The maximum atomic E-state index is 12.8. The molecule has 0 aliphatic carbocycles. The molecule has 108 valence electrons. The monoisotopic (exact) mass is 309 g/mol. The second kappa shape index (κ2) is 5.33. The maximum absolute atomic E-state index is 12.8. The molecular formula is C14H10F3N3S. The van der Waals surface area contributed by atoms with E-state index in [0.717, 1.165) is 27.5 Å². The molecule has 0 fully saturated rings. The number of benzene rings is 1. The number of halogens is 3. The molecule has 2 aromatic heterocycles. The van der Waals surface area contributed by atoms with Crippen LogP contribution in [0.1, 0.15) is 11.4 Å². The highest BCUT2D eigenvalue weighted by Gasteiger charge is 2.34. The van der Waals surface area contributed by atoms with Crippen molar-refractivity contribution in [3.8, 4) is 10.6 Å². The first-order valence-corrected chi connectivity index (χ1v) is 7.01. The molecule has 0 N–H and O–H groups in total. The number of aromatic nitrogens is 3. The van der Waals surface area contributed by atoms with Crippen LogP contribution in [-0.2, 0) is 12.7 Å². The molecule has 21 heavy (non-hydrogen) atoms. The summed E-state index contributed by atoms with van der Waals surface area (Å²) in [5.41, 5.74) is 0.745.